The lowest BCUT2D eigenvalue weighted by molar-refractivity contribution is 0.585. The van der Waals surface area contributed by atoms with Gasteiger partial charge in [-0.1, -0.05) is 17.4 Å². The van der Waals surface area contributed by atoms with E-state index in [4.69, 9.17) is 0 Å². The van der Waals surface area contributed by atoms with Crippen LogP contribution in [0.3, 0.4) is 0 Å². The Morgan fingerprint density at radius 1 is 1.30 bits per heavy atom. The van der Waals surface area contributed by atoms with Gasteiger partial charge in [-0.25, -0.2) is 13.1 Å². The molecule has 108 valence electrons. The van der Waals surface area contributed by atoms with E-state index in [-0.39, 0.29) is 0 Å². The monoisotopic (exact) mass is 330 g/mol. The molecule has 0 saturated heterocycles. The summed E-state index contributed by atoms with van der Waals surface area (Å²) in [6, 6.07) is 3.31. The highest BCUT2D eigenvalue weighted by Gasteiger charge is 2.27. The summed E-state index contributed by atoms with van der Waals surface area (Å²) in [5.74, 6) is 0.598. The number of thiophene rings is 1. The molecule has 1 aliphatic rings. The van der Waals surface area contributed by atoms with Gasteiger partial charge < -0.3 is 5.32 Å². The molecule has 0 radical (unpaired) electrons. The second-order valence-electron chi connectivity index (χ2n) is 4.48. The molecule has 0 aromatic carbocycles. The predicted molar refractivity (Wildman–Crippen MR) is 79.9 cm³/mol. The van der Waals surface area contributed by atoms with Crippen LogP contribution < -0.4 is 10.0 Å². The Morgan fingerprint density at radius 2 is 2.15 bits per heavy atom. The Kier molecular flexibility index (Phi) is 4.01. The predicted octanol–water partition coefficient (Wildman–Crippen LogP) is 1.87. The molecule has 3 rings (SSSR count). The number of sulfonamides is 1. The molecule has 1 aliphatic carbocycles. The first-order valence-corrected chi connectivity index (χ1v) is 9.43. The molecule has 2 N–H and O–H groups in total. The third-order valence-electron chi connectivity index (χ3n) is 2.82. The SMILES string of the molecule is O=S(=O)(NCCNc1nnc(C2CC2)s1)c1cccs1. The van der Waals surface area contributed by atoms with Crippen molar-refractivity contribution in [3.8, 4) is 0 Å². The first kappa shape index (κ1) is 13.9. The van der Waals surface area contributed by atoms with Crippen molar-refractivity contribution in [3.05, 3.63) is 22.5 Å². The minimum absolute atomic E-state index is 0.318. The van der Waals surface area contributed by atoms with Gasteiger partial charge in [0.1, 0.15) is 9.22 Å². The van der Waals surface area contributed by atoms with Gasteiger partial charge in [-0.15, -0.1) is 21.5 Å². The summed E-state index contributed by atoms with van der Waals surface area (Å²) in [5, 5.41) is 14.8. The molecule has 2 aromatic heterocycles. The molecule has 0 aliphatic heterocycles. The Hall–Kier alpha value is -1.03. The van der Waals surface area contributed by atoms with Crippen molar-refractivity contribution < 1.29 is 8.42 Å². The second-order valence-corrected chi connectivity index (χ2v) is 8.43. The minimum atomic E-state index is -3.37. The molecule has 20 heavy (non-hydrogen) atoms. The molecule has 2 aromatic rings. The average molecular weight is 330 g/mol. The zero-order valence-electron chi connectivity index (χ0n) is 10.6. The normalized spacial score (nSPS) is 15.4. The fourth-order valence-electron chi connectivity index (χ4n) is 1.64. The van der Waals surface area contributed by atoms with Crippen molar-refractivity contribution in [1.82, 2.24) is 14.9 Å². The van der Waals surface area contributed by atoms with Crippen LogP contribution in [-0.4, -0.2) is 31.7 Å². The van der Waals surface area contributed by atoms with Crippen LogP contribution in [0.25, 0.3) is 0 Å². The second kappa shape index (κ2) is 5.76. The number of nitrogens with one attached hydrogen (secondary N) is 2. The number of nitrogens with zero attached hydrogens (tertiary/aromatic N) is 2. The highest BCUT2D eigenvalue weighted by molar-refractivity contribution is 7.91. The van der Waals surface area contributed by atoms with Gasteiger partial charge in [0, 0.05) is 19.0 Å². The quantitative estimate of drug-likeness (QED) is 0.757. The van der Waals surface area contributed by atoms with Crippen LogP contribution in [0.2, 0.25) is 0 Å². The van der Waals surface area contributed by atoms with E-state index in [0.717, 1.165) is 10.1 Å². The van der Waals surface area contributed by atoms with Gasteiger partial charge in [0.05, 0.1) is 0 Å². The Labute approximate surface area is 125 Å². The van der Waals surface area contributed by atoms with E-state index in [1.807, 2.05) is 0 Å². The molecule has 6 nitrogen and oxygen atoms in total. The first-order chi connectivity index (χ1) is 9.65. The smallest absolute Gasteiger partial charge is 0.250 e. The van der Waals surface area contributed by atoms with E-state index in [0.29, 0.717) is 23.2 Å². The molecule has 1 saturated carbocycles. The van der Waals surface area contributed by atoms with Crippen molar-refractivity contribution in [2.75, 3.05) is 18.4 Å². The number of hydrogen-bond acceptors (Lipinski definition) is 7. The molecule has 0 amide bonds. The number of hydrogen-bond donors (Lipinski definition) is 2. The Morgan fingerprint density at radius 3 is 2.85 bits per heavy atom. The fourth-order valence-corrected chi connectivity index (χ4v) is 4.65. The van der Waals surface area contributed by atoms with E-state index >= 15 is 0 Å². The molecular weight excluding hydrogens is 316 g/mol. The topological polar surface area (TPSA) is 84.0 Å². The summed E-state index contributed by atoms with van der Waals surface area (Å²) in [7, 11) is -3.37. The number of rotatable bonds is 7. The maximum atomic E-state index is 11.9. The van der Waals surface area contributed by atoms with Crippen LogP contribution in [0.1, 0.15) is 23.8 Å². The van der Waals surface area contributed by atoms with Gasteiger partial charge in [0.25, 0.3) is 0 Å². The summed E-state index contributed by atoms with van der Waals surface area (Å²) >= 11 is 2.76. The van der Waals surface area contributed by atoms with E-state index in [2.05, 4.69) is 20.2 Å². The van der Waals surface area contributed by atoms with Crippen molar-refractivity contribution >= 4 is 37.8 Å². The van der Waals surface area contributed by atoms with Crippen LogP contribution in [0, 0.1) is 0 Å². The summed E-state index contributed by atoms with van der Waals surface area (Å²) in [6.07, 6.45) is 2.41. The van der Waals surface area contributed by atoms with Gasteiger partial charge >= 0.3 is 0 Å². The third-order valence-corrected chi connectivity index (χ3v) is 6.72. The minimum Gasteiger partial charge on any atom is -0.359 e. The molecule has 0 spiro atoms. The largest absolute Gasteiger partial charge is 0.359 e. The van der Waals surface area contributed by atoms with Gasteiger partial charge in [0.15, 0.2) is 0 Å². The molecule has 0 atom stereocenters. The lowest BCUT2D eigenvalue weighted by atomic mass is 10.5. The highest BCUT2D eigenvalue weighted by Crippen LogP contribution is 2.41. The van der Waals surface area contributed by atoms with Crippen LogP contribution in [-0.2, 0) is 10.0 Å². The van der Waals surface area contributed by atoms with Crippen LogP contribution in [0.4, 0.5) is 5.13 Å². The average Bonchev–Trinajstić information content (AvgIpc) is 2.95. The van der Waals surface area contributed by atoms with Gasteiger partial charge in [-0.05, 0) is 24.3 Å². The molecule has 0 unspecified atom stereocenters. The van der Waals surface area contributed by atoms with E-state index in [1.165, 1.54) is 24.2 Å². The first-order valence-electron chi connectivity index (χ1n) is 6.25. The van der Waals surface area contributed by atoms with Crippen molar-refractivity contribution in [2.45, 2.75) is 23.0 Å². The molecule has 9 heteroatoms. The maximum absolute atomic E-state index is 11.9. The van der Waals surface area contributed by atoms with E-state index in [9.17, 15) is 8.42 Å². The zero-order valence-corrected chi connectivity index (χ0v) is 13.0. The Balaban J connectivity index is 1.45. The molecule has 0 bridgehead atoms. The van der Waals surface area contributed by atoms with Crippen LogP contribution >= 0.6 is 22.7 Å². The fraction of sp³-hybridized carbons (Fsp3) is 0.455. The molecule has 1 fully saturated rings. The van der Waals surface area contributed by atoms with Gasteiger partial charge in [-0.2, -0.15) is 0 Å². The van der Waals surface area contributed by atoms with E-state index < -0.39 is 10.0 Å². The highest BCUT2D eigenvalue weighted by atomic mass is 32.2. The molecular formula is C11H14N4O2S3. The molecule has 2 heterocycles. The summed E-state index contributed by atoms with van der Waals surface area (Å²) in [5.41, 5.74) is 0. The zero-order chi connectivity index (χ0) is 14.0. The third kappa shape index (κ3) is 3.35. The van der Waals surface area contributed by atoms with Crippen LogP contribution in [0.15, 0.2) is 21.7 Å². The Bertz CT molecular complexity index is 662. The summed E-state index contributed by atoms with van der Waals surface area (Å²) in [4.78, 5) is 0. The summed E-state index contributed by atoms with van der Waals surface area (Å²) in [6.45, 7) is 0.808. The number of aromatic nitrogens is 2. The van der Waals surface area contributed by atoms with Gasteiger partial charge in [0.2, 0.25) is 15.2 Å². The standard InChI is InChI=1S/C11H14N4O2S3/c16-20(17,9-2-1-7-18-9)13-6-5-12-11-15-14-10(19-11)8-3-4-8/h1-2,7-8,13H,3-6H2,(H,12,15). The lowest BCUT2D eigenvalue weighted by Crippen LogP contribution is -2.28. The van der Waals surface area contributed by atoms with Crippen molar-refractivity contribution in [3.63, 3.8) is 0 Å². The van der Waals surface area contributed by atoms with Crippen LogP contribution in [0.5, 0.6) is 0 Å². The van der Waals surface area contributed by atoms with E-state index in [1.54, 1.807) is 28.8 Å². The van der Waals surface area contributed by atoms with Gasteiger partial charge in [-0.3, -0.25) is 0 Å². The lowest BCUT2D eigenvalue weighted by Gasteiger charge is -2.04. The maximum Gasteiger partial charge on any atom is 0.250 e. The van der Waals surface area contributed by atoms with Crippen molar-refractivity contribution in [1.29, 1.82) is 0 Å². The number of anilines is 1. The summed E-state index contributed by atoms with van der Waals surface area (Å²) < 4.78 is 26.6. The van der Waals surface area contributed by atoms with Crippen molar-refractivity contribution in [2.24, 2.45) is 0 Å².